The van der Waals surface area contributed by atoms with Gasteiger partial charge in [-0.15, -0.1) is 0 Å². The lowest BCUT2D eigenvalue weighted by atomic mass is 9.76. The zero-order valence-corrected chi connectivity index (χ0v) is 13.2. The zero-order valence-electron chi connectivity index (χ0n) is 13.2. The Hall–Kier alpha value is -1.93. The van der Waals surface area contributed by atoms with Gasteiger partial charge in [0, 0.05) is 11.5 Å². The molecule has 2 rings (SSSR count). The second kappa shape index (κ2) is 6.23. The third-order valence-corrected chi connectivity index (χ3v) is 4.57. The predicted octanol–water partition coefficient (Wildman–Crippen LogP) is 3.99. The van der Waals surface area contributed by atoms with Crippen LogP contribution in [0.4, 0.5) is 0 Å². The molecule has 2 unspecified atom stereocenters. The average Bonchev–Trinajstić information content (AvgIpc) is 2.54. The van der Waals surface area contributed by atoms with E-state index in [1.165, 1.54) is 5.56 Å². The fraction of sp³-hybridized carbons (Fsp3) is 0.316. The lowest BCUT2D eigenvalue weighted by Crippen LogP contribution is -2.52. The normalized spacial score (nSPS) is 15.5. The molecule has 0 saturated carbocycles. The van der Waals surface area contributed by atoms with Crippen molar-refractivity contribution in [2.24, 2.45) is 0 Å². The van der Waals surface area contributed by atoms with E-state index >= 15 is 0 Å². The predicted molar refractivity (Wildman–Crippen MR) is 87.7 cm³/mol. The highest BCUT2D eigenvalue weighted by atomic mass is 16.1. The lowest BCUT2D eigenvalue weighted by Gasteiger charge is -2.40. The van der Waals surface area contributed by atoms with E-state index in [0.29, 0.717) is 0 Å². The van der Waals surface area contributed by atoms with Crippen molar-refractivity contribution >= 4 is 5.78 Å². The molecule has 0 bridgehead atoms. The van der Waals surface area contributed by atoms with E-state index in [2.05, 4.69) is 19.1 Å². The van der Waals surface area contributed by atoms with Gasteiger partial charge in [-0.3, -0.25) is 9.69 Å². The van der Waals surface area contributed by atoms with Crippen LogP contribution in [0.25, 0.3) is 0 Å². The molecule has 0 spiro atoms. The first kappa shape index (κ1) is 15.5. The minimum Gasteiger partial charge on any atom is -0.297 e. The first-order valence-corrected chi connectivity index (χ1v) is 7.30. The van der Waals surface area contributed by atoms with Gasteiger partial charge >= 0.3 is 0 Å². The van der Waals surface area contributed by atoms with Gasteiger partial charge in [0.2, 0.25) is 0 Å². The molecule has 0 aliphatic carbocycles. The first-order chi connectivity index (χ1) is 9.98. The lowest BCUT2D eigenvalue weighted by molar-refractivity contribution is 0.0665. The van der Waals surface area contributed by atoms with Crippen LogP contribution in [0, 0.1) is 0 Å². The van der Waals surface area contributed by atoms with E-state index in [1.807, 2.05) is 74.4 Å². The molecule has 0 amide bonds. The molecule has 0 N–H and O–H groups in total. The van der Waals surface area contributed by atoms with Crippen LogP contribution in [0.1, 0.15) is 35.7 Å². The highest BCUT2D eigenvalue weighted by Gasteiger charge is 2.41. The van der Waals surface area contributed by atoms with Crippen LogP contribution in [-0.4, -0.2) is 30.3 Å². The van der Waals surface area contributed by atoms with Crippen molar-refractivity contribution in [1.29, 1.82) is 0 Å². The summed E-state index contributed by atoms with van der Waals surface area (Å²) < 4.78 is 0. The topological polar surface area (TPSA) is 20.3 Å². The number of carbonyl (C=O) groups excluding carboxylic acids is 1. The quantitative estimate of drug-likeness (QED) is 0.772. The number of hydrogen-bond donors (Lipinski definition) is 0. The van der Waals surface area contributed by atoms with Crippen LogP contribution in [0.5, 0.6) is 0 Å². The van der Waals surface area contributed by atoms with Crippen molar-refractivity contribution in [1.82, 2.24) is 4.90 Å². The monoisotopic (exact) mass is 281 g/mol. The zero-order chi connectivity index (χ0) is 15.5. The summed E-state index contributed by atoms with van der Waals surface area (Å²) in [5.74, 6) is 0.255. The summed E-state index contributed by atoms with van der Waals surface area (Å²) >= 11 is 0. The van der Waals surface area contributed by atoms with Gasteiger partial charge in [-0.05, 0) is 26.6 Å². The highest BCUT2D eigenvalue weighted by Crippen LogP contribution is 2.34. The van der Waals surface area contributed by atoms with Gasteiger partial charge in [0.15, 0.2) is 5.78 Å². The van der Waals surface area contributed by atoms with Crippen molar-refractivity contribution in [3.05, 3.63) is 71.8 Å². The molecule has 0 aliphatic rings. The van der Waals surface area contributed by atoms with Gasteiger partial charge < -0.3 is 0 Å². The molecule has 2 aromatic carbocycles. The Kier molecular flexibility index (Phi) is 4.59. The van der Waals surface area contributed by atoms with Gasteiger partial charge in [0.05, 0.1) is 5.54 Å². The Morgan fingerprint density at radius 3 is 1.90 bits per heavy atom. The van der Waals surface area contributed by atoms with E-state index in [-0.39, 0.29) is 11.7 Å². The van der Waals surface area contributed by atoms with Gasteiger partial charge in [-0.25, -0.2) is 0 Å². The smallest absolute Gasteiger partial charge is 0.183 e. The molecular weight excluding hydrogens is 258 g/mol. The van der Waals surface area contributed by atoms with Crippen LogP contribution >= 0.6 is 0 Å². The molecular formula is C19H23NO. The number of rotatable bonds is 5. The van der Waals surface area contributed by atoms with Crippen LogP contribution in [0.15, 0.2) is 60.7 Å². The van der Waals surface area contributed by atoms with E-state index in [4.69, 9.17) is 0 Å². The molecule has 0 aromatic heterocycles. The van der Waals surface area contributed by atoms with Gasteiger partial charge in [0.1, 0.15) is 0 Å². The summed E-state index contributed by atoms with van der Waals surface area (Å²) in [5.41, 5.74) is 1.36. The Bertz CT molecular complexity index is 591. The second-order valence-corrected chi connectivity index (χ2v) is 5.87. The number of carbonyl (C=O) groups is 1. The SMILES string of the molecule is CC(c1ccccc1)C(C)(C(=O)c1ccccc1)N(C)C. The Morgan fingerprint density at radius 1 is 0.952 bits per heavy atom. The molecule has 2 aromatic rings. The van der Waals surface area contributed by atoms with Crippen molar-refractivity contribution < 1.29 is 4.79 Å². The number of ketones is 1. The highest BCUT2D eigenvalue weighted by molar-refractivity contribution is 6.03. The molecule has 2 heteroatoms. The summed E-state index contributed by atoms with van der Waals surface area (Å²) in [5, 5.41) is 0. The van der Waals surface area contributed by atoms with Crippen molar-refractivity contribution in [3.8, 4) is 0 Å². The molecule has 21 heavy (non-hydrogen) atoms. The Morgan fingerprint density at radius 2 is 1.43 bits per heavy atom. The van der Waals surface area contributed by atoms with Crippen LogP contribution in [0.3, 0.4) is 0 Å². The molecule has 0 heterocycles. The first-order valence-electron chi connectivity index (χ1n) is 7.30. The standard InChI is InChI=1S/C19H23NO/c1-15(16-11-7-5-8-12-16)19(2,20(3)4)18(21)17-13-9-6-10-14-17/h5-15H,1-4H3. The molecule has 2 atom stereocenters. The summed E-state index contributed by atoms with van der Waals surface area (Å²) in [6.07, 6.45) is 0. The van der Waals surface area contributed by atoms with Crippen LogP contribution in [0.2, 0.25) is 0 Å². The Balaban J connectivity index is 2.44. The molecule has 0 aliphatic heterocycles. The summed E-state index contributed by atoms with van der Waals surface area (Å²) in [6, 6.07) is 19.8. The van der Waals surface area contributed by atoms with Gasteiger partial charge in [-0.1, -0.05) is 67.6 Å². The maximum absolute atomic E-state index is 13.1. The molecule has 0 fully saturated rings. The van der Waals surface area contributed by atoms with Crippen molar-refractivity contribution in [2.45, 2.75) is 25.3 Å². The number of likely N-dealkylation sites (N-methyl/N-ethyl adjacent to an activating group) is 1. The van der Waals surface area contributed by atoms with E-state index in [1.54, 1.807) is 0 Å². The maximum Gasteiger partial charge on any atom is 0.183 e. The van der Waals surface area contributed by atoms with Gasteiger partial charge in [0.25, 0.3) is 0 Å². The van der Waals surface area contributed by atoms with Crippen molar-refractivity contribution in [3.63, 3.8) is 0 Å². The third-order valence-electron chi connectivity index (χ3n) is 4.57. The van der Waals surface area contributed by atoms with E-state index in [9.17, 15) is 4.79 Å². The average molecular weight is 281 g/mol. The minimum absolute atomic E-state index is 0.0985. The molecule has 0 saturated heterocycles. The van der Waals surface area contributed by atoms with E-state index < -0.39 is 5.54 Å². The number of Topliss-reactive ketones (excluding diaryl/α,β-unsaturated/α-hetero) is 1. The molecule has 2 nitrogen and oxygen atoms in total. The fourth-order valence-electron chi connectivity index (χ4n) is 2.74. The molecule has 0 radical (unpaired) electrons. The van der Waals surface area contributed by atoms with E-state index in [0.717, 1.165) is 5.56 Å². The second-order valence-electron chi connectivity index (χ2n) is 5.87. The summed E-state index contributed by atoms with van der Waals surface area (Å²) in [4.78, 5) is 15.1. The van der Waals surface area contributed by atoms with Gasteiger partial charge in [-0.2, -0.15) is 0 Å². The third kappa shape index (κ3) is 2.91. The maximum atomic E-state index is 13.1. The summed E-state index contributed by atoms with van der Waals surface area (Å²) in [6.45, 7) is 4.15. The fourth-order valence-corrected chi connectivity index (χ4v) is 2.74. The van der Waals surface area contributed by atoms with Crippen LogP contribution in [-0.2, 0) is 0 Å². The minimum atomic E-state index is -0.581. The van der Waals surface area contributed by atoms with Crippen LogP contribution < -0.4 is 0 Å². The number of benzene rings is 2. The Labute approximate surface area is 127 Å². The number of hydrogen-bond acceptors (Lipinski definition) is 2. The largest absolute Gasteiger partial charge is 0.297 e. The van der Waals surface area contributed by atoms with Crippen molar-refractivity contribution in [2.75, 3.05) is 14.1 Å². The number of nitrogens with zero attached hydrogens (tertiary/aromatic N) is 1. The summed E-state index contributed by atoms with van der Waals surface area (Å²) in [7, 11) is 3.94. The molecule has 110 valence electrons.